The van der Waals surface area contributed by atoms with E-state index >= 15 is 0 Å². The van der Waals surface area contributed by atoms with Crippen LogP contribution < -0.4 is 4.72 Å². The average Bonchev–Trinajstić information content (AvgIpc) is 2.18. The van der Waals surface area contributed by atoms with Crippen molar-refractivity contribution in [3.8, 4) is 0 Å². The zero-order chi connectivity index (χ0) is 10.6. The number of hydrogen-bond donors (Lipinski definition) is 1. The Morgan fingerprint density at radius 2 is 1.93 bits per heavy atom. The first-order valence-electron chi connectivity index (χ1n) is 4.19. The summed E-state index contributed by atoms with van der Waals surface area (Å²) in [7, 11) is -3.41. The molecule has 1 aromatic rings. The second kappa shape index (κ2) is 4.77. The Morgan fingerprint density at radius 1 is 1.36 bits per heavy atom. The van der Waals surface area contributed by atoms with Gasteiger partial charge in [-0.2, -0.15) is 0 Å². The van der Waals surface area contributed by atoms with Crippen molar-refractivity contribution in [2.75, 3.05) is 5.88 Å². The number of halogens is 1. The number of hydrogen-bond acceptors (Lipinski definition) is 2. The number of alkyl halides is 1. The second-order valence-corrected chi connectivity index (χ2v) is 5.01. The fraction of sp³-hybridized carbons (Fsp3) is 0.333. The van der Waals surface area contributed by atoms with Gasteiger partial charge in [0.25, 0.3) is 0 Å². The molecule has 0 aromatic heterocycles. The van der Waals surface area contributed by atoms with Crippen molar-refractivity contribution in [3.05, 3.63) is 30.3 Å². The molecule has 0 aliphatic heterocycles. The van der Waals surface area contributed by atoms with Gasteiger partial charge in [0.05, 0.1) is 4.90 Å². The molecule has 0 saturated carbocycles. The first-order valence-corrected chi connectivity index (χ1v) is 6.21. The van der Waals surface area contributed by atoms with E-state index in [1.54, 1.807) is 37.3 Å². The maximum absolute atomic E-state index is 11.6. The lowest BCUT2D eigenvalue weighted by Gasteiger charge is -2.10. The van der Waals surface area contributed by atoms with Gasteiger partial charge in [0, 0.05) is 11.9 Å². The highest BCUT2D eigenvalue weighted by atomic mass is 35.5. The Morgan fingerprint density at radius 3 is 2.43 bits per heavy atom. The van der Waals surface area contributed by atoms with Crippen LogP contribution in [0.4, 0.5) is 0 Å². The fourth-order valence-corrected chi connectivity index (χ4v) is 2.40. The van der Waals surface area contributed by atoms with E-state index in [1.807, 2.05) is 0 Å². The van der Waals surface area contributed by atoms with Gasteiger partial charge in [-0.25, -0.2) is 13.1 Å². The zero-order valence-corrected chi connectivity index (χ0v) is 9.35. The SMILES string of the molecule is C[C@@H](CCl)NS(=O)(=O)c1ccccc1. The molecule has 0 aliphatic carbocycles. The monoisotopic (exact) mass is 233 g/mol. The van der Waals surface area contributed by atoms with E-state index in [4.69, 9.17) is 11.6 Å². The number of nitrogens with one attached hydrogen (secondary N) is 1. The maximum Gasteiger partial charge on any atom is 0.240 e. The van der Waals surface area contributed by atoms with Gasteiger partial charge in [-0.1, -0.05) is 18.2 Å². The van der Waals surface area contributed by atoms with Crippen LogP contribution >= 0.6 is 11.6 Å². The third-order valence-corrected chi connectivity index (χ3v) is 3.71. The molecule has 14 heavy (non-hydrogen) atoms. The van der Waals surface area contributed by atoms with Crippen molar-refractivity contribution in [1.29, 1.82) is 0 Å². The highest BCUT2D eigenvalue weighted by Gasteiger charge is 2.15. The largest absolute Gasteiger partial charge is 0.240 e. The highest BCUT2D eigenvalue weighted by molar-refractivity contribution is 7.89. The first kappa shape index (κ1) is 11.5. The normalized spacial score (nSPS) is 13.9. The van der Waals surface area contributed by atoms with E-state index in [9.17, 15) is 8.42 Å². The summed E-state index contributed by atoms with van der Waals surface area (Å²) in [5.74, 6) is 0.256. The smallest absolute Gasteiger partial charge is 0.207 e. The summed E-state index contributed by atoms with van der Waals surface area (Å²) in [5.41, 5.74) is 0. The quantitative estimate of drug-likeness (QED) is 0.803. The summed E-state index contributed by atoms with van der Waals surface area (Å²) in [6, 6.07) is 7.96. The lowest BCUT2D eigenvalue weighted by Crippen LogP contribution is -2.33. The molecule has 0 amide bonds. The molecule has 5 heteroatoms. The van der Waals surface area contributed by atoms with Gasteiger partial charge in [-0.05, 0) is 19.1 Å². The van der Waals surface area contributed by atoms with Crippen LogP contribution in [-0.4, -0.2) is 20.3 Å². The molecule has 0 saturated heterocycles. The van der Waals surface area contributed by atoms with Crippen molar-refractivity contribution in [3.63, 3.8) is 0 Å². The summed E-state index contributed by atoms with van der Waals surface area (Å²) >= 11 is 5.52. The van der Waals surface area contributed by atoms with Crippen LogP contribution in [-0.2, 0) is 10.0 Å². The molecule has 3 nitrogen and oxygen atoms in total. The number of rotatable bonds is 4. The Bertz CT molecular complexity index is 377. The fourth-order valence-electron chi connectivity index (χ4n) is 0.964. The average molecular weight is 234 g/mol. The minimum Gasteiger partial charge on any atom is -0.207 e. The summed E-state index contributed by atoms with van der Waals surface area (Å²) < 4.78 is 25.7. The Hall–Kier alpha value is -0.580. The molecule has 0 bridgehead atoms. The molecule has 0 fully saturated rings. The zero-order valence-electron chi connectivity index (χ0n) is 7.77. The summed E-state index contributed by atoms with van der Waals surface area (Å²) in [4.78, 5) is 0.261. The van der Waals surface area contributed by atoms with Crippen molar-refractivity contribution in [1.82, 2.24) is 4.72 Å². The van der Waals surface area contributed by atoms with Crippen LogP contribution in [0, 0.1) is 0 Å². The van der Waals surface area contributed by atoms with Gasteiger partial charge >= 0.3 is 0 Å². The minimum absolute atomic E-state index is 0.256. The first-order chi connectivity index (χ1) is 6.56. The van der Waals surface area contributed by atoms with Gasteiger partial charge in [0.15, 0.2) is 0 Å². The van der Waals surface area contributed by atoms with Crippen LogP contribution in [0.15, 0.2) is 35.2 Å². The third-order valence-electron chi connectivity index (χ3n) is 1.64. The van der Waals surface area contributed by atoms with Gasteiger partial charge in [0.2, 0.25) is 10.0 Å². The van der Waals surface area contributed by atoms with Crippen molar-refractivity contribution >= 4 is 21.6 Å². The van der Waals surface area contributed by atoms with E-state index in [2.05, 4.69) is 4.72 Å². The minimum atomic E-state index is -3.41. The third kappa shape index (κ3) is 2.97. The molecule has 0 spiro atoms. The lowest BCUT2D eigenvalue weighted by atomic mass is 10.4. The highest BCUT2D eigenvalue weighted by Crippen LogP contribution is 2.07. The van der Waals surface area contributed by atoms with Crippen LogP contribution in [0.2, 0.25) is 0 Å². The van der Waals surface area contributed by atoms with E-state index < -0.39 is 10.0 Å². The lowest BCUT2D eigenvalue weighted by molar-refractivity contribution is 0.570. The molecule has 1 atom stereocenters. The standard InChI is InChI=1S/C9H12ClNO2S/c1-8(7-10)11-14(12,13)9-5-3-2-4-6-9/h2-6,8,11H,7H2,1H3/t8-/m0/s1. The Labute approximate surface area is 89.1 Å². The molecule has 78 valence electrons. The Kier molecular flexibility index (Phi) is 3.92. The molecule has 0 unspecified atom stereocenters. The number of sulfonamides is 1. The van der Waals surface area contributed by atoms with Crippen molar-refractivity contribution < 1.29 is 8.42 Å². The van der Waals surface area contributed by atoms with Crippen LogP contribution in [0.1, 0.15) is 6.92 Å². The van der Waals surface area contributed by atoms with Gasteiger partial charge < -0.3 is 0 Å². The molecule has 1 N–H and O–H groups in total. The molecule has 1 aromatic carbocycles. The molecular weight excluding hydrogens is 222 g/mol. The Balaban J connectivity index is 2.87. The molecule has 0 aliphatic rings. The molecule has 1 rings (SSSR count). The summed E-state index contributed by atoms with van der Waals surface area (Å²) in [5, 5.41) is 0. The van der Waals surface area contributed by atoms with Crippen molar-refractivity contribution in [2.45, 2.75) is 17.9 Å². The van der Waals surface area contributed by atoms with E-state index in [1.165, 1.54) is 0 Å². The van der Waals surface area contributed by atoms with Gasteiger partial charge in [-0.3, -0.25) is 0 Å². The molecule has 0 heterocycles. The summed E-state index contributed by atoms with van der Waals surface area (Å²) in [6.45, 7) is 1.72. The van der Waals surface area contributed by atoms with E-state index in [0.29, 0.717) is 0 Å². The predicted molar refractivity (Wildman–Crippen MR) is 56.9 cm³/mol. The maximum atomic E-state index is 11.6. The van der Waals surface area contributed by atoms with Gasteiger partial charge in [-0.15, -0.1) is 11.6 Å². The predicted octanol–water partition coefficient (Wildman–Crippen LogP) is 1.59. The second-order valence-electron chi connectivity index (χ2n) is 2.99. The van der Waals surface area contributed by atoms with Crippen LogP contribution in [0.25, 0.3) is 0 Å². The van der Waals surface area contributed by atoms with E-state index in [-0.39, 0.29) is 16.8 Å². The molecular formula is C9H12ClNO2S. The van der Waals surface area contributed by atoms with Gasteiger partial charge in [0.1, 0.15) is 0 Å². The van der Waals surface area contributed by atoms with E-state index in [0.717, 1.165) is 0 Å². The number of benzene rings is 1. The van der Waals surface area contributed by atoms with Crippen LogP contribution in [0.5, 0.6) is 0 Å². The van der Waals surface area contributed by atoms with Crippen LogP contribution in [0.3, 0.4) is 0 Å². The topological polar surface area (TPSA) is 46.2 Å². The molecule has 0 radical (unpaired) electrons. The van der Waals surface area contributed by atoms with Crippen molar-refractivity contribution in [2.24, 2.45) is 0 Å². The summed E-state index contributed by atoms with van der Waals surface area (Å²) in [6.07, 6.45) is 0.